The SMILES string of the molecule is C[C@]12CC(=O)[C@H]3[C@@H](CCC4CCCC[C@@]43C)[C@@H]1CC(F)[C@@H]2O. The Bertz CT molecular complexity index is 492. The summed E-state index contributed by atoms with van der Waals surface area (Å²) < 4.78 is 14.2. The summed E-state index contributed by atoms with van der Waals surface area (Å²) in [5.41, 5.74) is -0.380. The first-order chi connectivity index (χ1) is 10.4. The number of rotatable bonds is 0. The van der Waals surface area contributed by atoms with Gasteiger partial charge in [0.05, 0.1) is 6.10 Å². The summed E-state index contributed by atoms with van der Waals surface area (Å²) in [6.45, 7) is 4.30. The van der Waals surface area contributed by atoms with Crippen LogP contribution in [0.1, 0.15) is 65.2 Å². The predicted molar refractivity (Wildman–Crippen MR) is 83.0 cm³/mol. The van der Waals surface area contributed by atoms with E-state index in [2.05, 4.69) is 6.92 Å². The van der Waals surface area contributed by atoms with Crippen LogP contribution in [0, 0.1) is 34.5 Å². The summed E-state index contributed by atoms with van der Waals surface area (Å²) in [7, 11) is 0. The number of carbonyl (C=O) groups excluding carboxylic acids is 1. The van der Waals surface area contributed by atoms with Crippen LogP contribution < -0.4 is 0 Å². The smallest absolute Gasteiger partial charge is 0.137 e. The molecule has 4 fully saturated rings. The van der Waals surface area contributed by atoms with Crippen molar-refractivity contribution in [2.45, 2.75) is 77.5 Å². The van der Waals surface area contributed by atoms with Gasteiger partial charge in [0.25, 0.3) is 0 Å². The summed E-state index contributed by atoms with van der Waals surface area (Å²) >= 11 is 0. The minimum Gasteiger partial charge on any atom is -0.390 e. The van der Waals surface area contributed by atoms with E-state index in [1.807, 2.05) is 6.92 Å². The average Bonchev–Trinajstić information content (AvgIpc) is 2.70. The topological polar surface area (TPSA) is 37.3 Å². The number of Topliss-reactive ketones (excluding diaryl/α,β-unsaturated/α-hetero) is 1. The molecule has 0 spiro atoms. The lowest BCUT2D eigenvalue weighted by molar-refractivity contribution is -0.160. The van der Waals surface area contributed by atoms with Gasteiger partial charge in [0.1, 0.15) is 12.0 Å². The van der Waals surface area contributed by atoms with Crippen molar-refractivity contribution >= 4 is 5.78 Å². The number of aliphatic hydroxyl groups is 1. The maximum atomic E-state index is 14.2. The summed E-state index contributed by atoms with van der Waals surface area (Å²) in [5, 5.41) is 10.3. The van der Waals surface area contributed by atoms with Crippen LogP contribution in [-0.2, 0) is 4.79 Å². The number of alkyl halides is 1. The summed E-state index contributed by atoms with van der Waals surface area (Å²) in [6.07, 6.45) is 6.01. The van der Waals surface area contributed by atoms with Crippen molar-refractivity contribution in [1.82, 2.24) is 0 Å². The molecule has 0 amide bonds. The van der Waals surface area contributed by atoms with Crippen molar-refractivity contribution in [3.8, 4) is 0 Å². The van der Waals surface area contributed by atoms with Gasteiger partial charge in [-0.25, -0.2) is 4.39 Å². The van der Waals surface area contributed by atoms with Crippen LogP contribution >= 0.6 is 0 Å². The summed E-state index contributed by atoms with van der Waals surface area (Å²) in [5.74, 6) is 1.64. The van der Waals surface area contributed by atoms with Crippen molar-refractivity contribution in [3.63, 3.8) is 0 Å². The first kappa shape index (κ1) is 15.1. The zero-order chi connectivity index (χ0) is 15.7. The molecule has 2 unspecified atom stereocenters. The number of carbonyl (C=O) groups is 1. The highest BCUT2D eigenvalue weighted by Crippen LogP contribution is 2.65. The van der Waals surface area contributed by atoms with E-state index in [0.29, 0.717) is 30.5 Å². The van der Waals surface area contributed by atoms with Gasteiger partial charge in [0.15, 0.2) is 0 Å². The maximum absolute atomic E-state index is 14.2. The second kappa shape index (κ2) is 4.78. The van der Waals surface area contributed by atoms with Crippen LogP contribution in [0.2, 0.25) is 0 Å². The largest absolute Gasteiger partial charge is 0.390 e. The molecule has 1 N–H and O–H groups in total. The monoisotopic (exact) mass is 308 g/mol. The molecule has 3 heteroatoms. The van der Waals surface area contributed by atoms with E-state index < -0.39 is 17.7 Å². The van der Waals surface area contributed by atoms with E-state index in [1.165, 1.54) is 25.7 Å². The van der Waals surface area contributed by atoms with E-state index in [9.17, 15) is 14.3 Å². The van der Waals surface area contributed by atoms with Crippen molar-refractivity contribution in [3.05, 3.63) is 0 Å². The third kappa shape index (κ3) is 1.78. The lowest BCUT2D eigenvalue weighted by Gasteiger charge is -2.59. The Morgan fingerprint density at radius 3 is 2.68 bits per heavy atom. The standard InChI is InChI=1S/C19H29FO2/c1-18-8-4-3-5-11(18)6-7-12-13-9-14(20)17(22)19(13,2)10-15(21)16(12)18/h11-14,16-17,22H,3-10H2,1-2H3/t11?,12-,13-,14?,16+,17-,18-,19-/m0/s1. The van der Waals surface area contributed by atoms with Gasteiger partial charge in [-0.15, -0.1) is 0 Å². The Kier molecular flexibility index (Phi) is 3.28. The van der Waals surface area contributed by atoms with Crippen molar-refractivity contribution in [2.24, 2.45) is 34.5 Å². The Balaban J connectivity index is 1.72. The Morgan fingerprint density at radius 1 is 1.14 bits per heavy atom. The quantitative estimate of drug-likeness (QED) is 0.737. The fourth-order valence-corrected chi connectivity index (χ4v) is 7.06. The summed E-state index contributed by atoms with van der Waals surface area (Å²) in [6, 6.07) is 0. The highest BCUT2D eigenvalue weighted by molar-refractivity contribution is 5.84. The Morgan fingerprint density at radius 2 is 1.91 bits per heavy atom. The van der Waals surface area contributed by atoms with Crippen LogP contribution in [0.3, 0.4) is 0 Å². The van der Waals surface area contributed by atoms with Gasteiger partial charge < -0.3 is 5.11 Å². The Labute approximate surface area is 132 Å². The molecule has 124 valence electrons. The third-order valence-electron chi connectivity index (χ3n) is 8.20. The van der Waals surface area contributed by atoms with E-state index in [1.54, 1.807) is 0 Å². The molecule has 2 nitrogen and oxygen atoms in total. The Hall–Kier alpha value is -0.440. The first-order valence-corrected chi connectivity index (χ1v) is 9.23. The minimum atomic E-state index is -1.14. The number of hydrogen-bond acceptors (Lipinski definition) is 2. The summed E-state index contributed by atoms with van der Waals surface area (Å²) in [4.78, 5) is 13.1. The van der Waals surface area contributed by atoms with Gasteiger partial charge in [0, 0.05) is 17.8 Å². The maximum Gasteiger partial charge on any atom is 0.137 e. The number of aliphatic hydroxyl groups excluding tert-OH is 1. The van der Waals surface area contributed by atoms with E-state index in [-0.39, 0.29) is 17.3 Å². The zero-order valence-electron chi connectivity index (χ0n) is 13.9. The number of hydrogen-bond donors (Lipinski definition) is 1. The minimum absolute atomic E-state index is 0.127. The molecule has 0 aliphatic heterocycles. The van der Waals surface area contributed by atoms with Crippen LogP contribution in [0.25, 0.3) is 0 Å². The van der Waals surface area contributed by atoms with Gasteiger partial charge in [-0.1, -0.05) is 26.7 Å². The predicted octanol–water partition coefficient (Wildman–Crippen LogP) is 3.91. The number of ketones is 1. The lowest BCUT2D eigenvalue weighted by Crippen LogP contribution is -2.57. The molecule has 4 saturated carbocycles. The molecule has 0 aromatic heterocycles. The van der Waals surface area contributed by atoms with Gasteiger partial charge in [-0.3, -0.25) is 4.79 Å². The molecule has 22 heavy (non-hydrogen) atoms. The van der Waals surface area contributed by atoms with Crippen molar-refractivity contribution in [2.75, 3.05) is 0 Å². The van der Waals surface area contributed by atoms with E-state index in [4.69, 9.17) is 0 Å². The van der Waals surface area contributed by atoms with Crippen LogP contribution in [0.5, 0.6) is 0 Å². The second-order valence-corrected chi connectivity index (χ2v) is 9.12. The molecule has 4 aliphatic carbocycles. The fourth-order valence-electron chi connectivity index (χ4n) is 7.06. The van der Waals surface area contributed by atoms with Crippen LogP contribution in [0.15, 0.2) is 0 Å². The third-order valence-corrected chi connectivity index (χ3v) is 8.20. The van der Waals surface area contributed by atoms with Gasteiger partial charge in [-0.05, 0) is 55.3 Å². The molecule has 0 aromatic rings. The average molecular weight is 308 g/mol. The highest BCUT2D eigenvalue weighted by Gasteiger charge is 2.64. The van der Waals surface area contributed by atoms with E-state index in [0.717, 1.165) is 12.8 Å². The first-order valence-electron chi connectivity index (χ1n) is 9.23. The molecule has 0 heterocycles. The highest BCUT2D eigenvalue weighted by atomic mass is 19.1. The van der Waals surface area contributed by atoms with E-state index >= 15 is 0 Å². The van der Waals surface area contributed by atoms with Crippen molar-refractivity contribution < 1.29 is 14.3 Å². The molecule has 0 radical (unpaired) electrons. The van der Waals surface area contributed by atoms with Gasteiger partial charge in [0.2, 0.25) is 0 Å². The van der Waals surface area contributed by atoms with Gasteiger partial charge >= 0.3 is 0 Å². The molecule has 0 aromatic carbocycles. The molecule has 4 rings (SSSR count). The molecule has 8 atom stereocenters. The molecule has 0 saturated heterocycles. The van der Waals surface area contributed by atoms with Crippen LogP contribution in [-0.4, -0.2) is 23.2 Å². The normalized spacial score (nSPS) is 57.9. The zero-order valence-corrected chi connectivity index (χ0v) is 13.9. The molecule has 0 bridgehead atoms. The molecule has 4 aliphatic rings. The molecular weight excluding hydrogens is 279 g/mol. The number of fused-ring (bicyclic) bond motifs is 5. The number of halogens is 1. The van der Waals surface area contributed by atoms with Gasteiger partial charge in [-0.2, -0.15) is 0 Å². The van der Waals surface area contributed by atoms with Crippen molar-refractivity contribution in [1.29, 1.82) is 0 Å². The second-order valence-electron chi connectivity index (χ2n) is 9.12. The fraction of sp³-hybridized carbons (Fsp3) is 0.947. The van der Waals surface area contributed by atoms with Crippen LogP contribution in [0.4, 0.5) is 4.39 Å². The lowest BCUT2D eigenvalue weighted by atomic mass is 9.45. The molecular formula is C19H29FO2.